The molecule has 18 heavy (non-hydrogen) atoms. The lowest BCUT2D eigenvalue weighted by Gasteiger charge is -2.08. The number of carbonyl (C=O) groups is 1. The molecule has 4 nitrogen and oxygen atoms in total. The van der Waals surface area contributed by atoms with Gasteiger partial charge in [-0.25, -0.2) is 4.79 Å². The summed E-state index contributed by atoms with van der Waals surface area (Å²) in [6.07, 6.45) is 0. The number of urea groups is 1. The van der Waals surface area contributed by atoms with Crippen molar-refractivity contribution in [2.45, 2.75) is 5.51 Å². The van der Waals surface area contributed by atoms with Gasteiger partial charge in [-0.3, -0.25) is 0 Å². The molecule has 2 amide bonds. The van der Waals surface area contributed by atoms with Gasteiger partial charge in [-0.15, -0.1) is 0 Å². The van der Waals surface area contributed by atoms with Gasteiger partial charge in [0.05, 0.1) is 0 Å². The van der Waals surface area contributed by atoms with Gasteiger partial charge < -0.3 is 16.4 Å². The summed E-state index contributed by atoms with van der Waals surface area (Å²) >= 11 is -0.175. The van der Waals surface area contributed by atoms with E-state index in [0.717, 1.165) is 0 Å². The molecule has 1 aromatic carbocycles. The quantitative estimate of drug-likeness (QED) is 0.586. The van der Waals surface area contributed by atoms with Crippen molar-refractivity contribution in [3.05, 3.63) is 24.3 Å². The third-order valence-electron chi connectivity index (χ3n) is 1.82. The minimum absolute atomic E-state index is 0.0645. The molecule has 0 heterocycles. The smallest absolute Gasteiger partial charge is 0.399 e. The van der Waals surface area contributed by atoms with Crippen molar-refractivity contribution in [3.63, 3.8) is 0 Å². The summed E-state index contributed by atoms with van der Waals surface area (Å²) in [5.41, 5.74) is 2.27. The third-order valence-corrected chi connectivity index (χ3v) is 2.56. The molecular formula is C10H12F3N3OS. The molecule has 1 rings (SSSR count). The molecule has 0 radical (unpaired) electrons. The van der Waals surface area contributed by atoms with Crippen molar-refractivity contribution < 1.29 is 18.0 Å². The first-order valence-corrected chi connectivity index (χ1v) is 5.96. The van der Waals surface area contributed by atoms with Gasteiger partial charge in [0.25, 0.3) is 0 Å². The van der Waals surface area contributed by atoms with Crippen LogP contribution in [0.1, 0.15) is 0 Å². The van der Waals surface area contributed by atoms with E-state index < -0.39 is 11.5 Å². The zero-order valence-electron chi connectivity index (χ0n) is 9.25. The lowest BCUT2D eigenvalue weighted by atomic mass is 10.3. The largest absolute Gasteiger partial charge is 0.441 e. The molecule has 0 saturated carbocycles. The maximum atomic E-state index is 11.8. The number of hydrogen-bond acceptors (Lipinski definition) is 3. The lowest BCUT2D eigenvalue weighted by Crippen LogP contribution is -2.30. The Morgan fingerprint density at radius 1 is 1.28 bits per heavy atom. The monoisotopic (exact) mass is 279 g/mol. The average molecular weight is 279 g/mol. The summed E-state index contributed by atoms with van der Waals surface area (Å²) in [6.45, 7) is -0.0645. The van der Waals surface area contributed by atoms with E-state index >= 15 is 0 Å². The number of alkyl halides is 3. The Bertz CT molecular complexity index is 394. The van der Waals surface area contributed by atoms with E-state index in [1.54, 1.807) is 24.3 Å². The van der Waals surface area contributed by atoms with E-state index in [-0.39, 0.29) is 24.1 Å². The number of carbonyl (C=O) groups excluding carboxylic acids is 1. The van der Waals surface area contributed by atoms with Gasteiger partial charge in [0.15, 0.2) is 0 Å². The highest BCUT2D eigenvalue weighted by Crippen LogP contribution is 2.29. The fourth-order valence-electron chi connectivity index (χ4n) is 1.07. The first-order valence-electron chi connectivity index (χ1n) is 4.98. The molecule has 0 aliphatic heterocycles. The number of nitrogen functional groups attached to an aromatic ring is 1. The van der Waals surface area contributed by atoms with Crippen LogP contribution >= 0.6 is 11.8 Å². The number of anilines is 2. The van der Waals surface area contributed by atoms with Crippen molar-refractivity contribution in [1.29, 1.82) is 0 Å². The second kappa shape index (κ2) is 6.39. The predicted octanol–water partition coefficient (Wildman–Crippen LogP) is 2.64. The van der Waals surface area contributed by atoms with Crippen molar-refractivity contribution in [2.75, 3.05) is 23.3 Å². The molecule has 0 bridgehead atoms. The molecule has 1 aromatic rings. The van der Waals surface area contributed by atoms with Crippen molar-refractivity contribution >= 4 is 29.2 Å². The summed E-state index contributed by atoms with van der Waals surface area (Å²) in [5, 5.41) is 4.79. The Hall–Kier alpha value is -1.57. The second-order valence-corrected chi connectivity index (χ2v) is 4.46. The summed E-state index contributed by atoms with van der Waals surface area (Å²) in [7, 11) is 0. The Balaban J connectivity index is 2.24. The van der Waals surface area contributed by atoms with E-state index in [2.05, 4.69) is 10.6 Å². The number of rotatable bonds is 4. The van der Waals surface area contributed by atoms with Crippen LogP contribution in [-0.4, -0.2) is 23.8 Å². The molecule has 8 heteroatoms. The minimum atomic E-state index is -4.27. The van der Waals surface area contributed by atoms with E-state index in [1.165, 1.54) is 0 Å². The lowest BCUT2D eigenvalue weighted by molar-refractivity contribution is -0.0327. The van der Waals surface area contributed by atoms with Crippen LogP contribution < -0.4 is 16.4 Å². The predicted molar refractivity (Wildman–Crippen MR) is 66.4 cm³/mol. The molecular weight excluding hydrogens is 267 g/mol. The molecule has 0 spiro atoms. The van der Waals surface area contributed by atoms with Crippen LogP contribution in [0, 0.1) is 0 Å². The van der Waals surface area contributed by atoms with Gasteiger partial charge >= 0.3 is 11.5 Å². The average Bonchev–Trinajstić information content (AvgIpc) is 2.26. The molecule has 0 saturated heterocycles. The van der Waals surface area contributed by atoms with Crippen LogP contribution in [-0.2, 0) is 0 Å². The zero-order chi connectivity index (χ0) is 13.6. The van der Waals surface area contributed by atoms with Crippen LogP contribution in [0.15, 0.2) is 24.3 Å². The molecule has 0 fully saturated rings. The fraction of sp³-hybridized carbons (Fsp3) is 0.300. The Labute approximate surface area is 106 Å². The molecule has 0 aliphatic carbocycles. The van der Waals surface area contributed by atoms with Gasteiger partial charge in [0.2, 0.25) is 0 Å². The van der Waals surface area contributed by atoms with E-state index in [1.807, 2.05) is 0 Å². The van der Waals surface area contributed by atoms with E-state index in [4.69, 9.17) is 5.73 Å². The number of amides is 2. The van der Waals surface area contributed by atoms with Gasteiger partial charge in [-0.1, -0.05) is 0 Å². The third kappa shape index (κ3) is 6.24. The van der Waals surface area contributed by atoms with E-state index in [0.29, 0.717) is 11.4 Å². The first-order chi connectivity index (χ1) is 8.37. The highest BCUT2D eigenvalue weighted by molar-refractivity contribution is 8.00. The van der Waals surface area contributed by atoms with Crippen LogP contribution in [0.25, 0.3) is 0 Å². The number of nitrogens with two attached hydrogens (primary N) is 1. The summed E-state index contributed by atoms with van der Waals surface area (Å²) in [4.78, 5) is 11.3. The fourth-order valence-corrected chi connectivity index (χ4v) is 1.51. The SMILES string of the molecule is Nc1ccc(NC(=O)NCCSC(F)(F)F)cc1. The van der Waals surface area contributed by atoms with Gasteiger partial charge in [0, 0.05) is 23.7 Å². The summed E-state index contributed by atoms with van der Waals surface area (Å²) in [5.74, 6) is -0.224. The summed E-state index contributed by atoms with van der Waals surface area (Å²) in [6, 6.07) is 5.85. The Morgan fingerprint density at radius 3 is 2.44 bits per heavy atom. The van der Waals surface area contributed by atoms with Crippen LogP contribution in [0.2, 0.25) is 0 Å². The number of benzene rings is 1. The molecule has 0 atom stereocenters. The van der Waals surface area contributed by atoms with Crippen LogP contribution in [0.5, 0.6) is 0 Å². The number of halogens is 3. The molecule has 0 aliphatic rings. The maximum Gasteiger partial charge on any atom is 0.441 e. The van der Waals surface area contributed by atoms with Crippen molar-refractivity contribution in [3.8, 4) is 0 Å². The van der Waals surface area contributed by atoms with Gasteiger partial charge in [-0.2, -0.15) is 13.2 Å². The zero-order valence-corrected chi connectivity index (χ0v) is 10.1. The minimum Gasteiger partial charge on any atom is -0.399 e. The highest BCUT2D eigenvalue weighted by atomic mass is 32.2. The second-order valence-electron chi connectivity index (χ2n) is 3.30. The van der Waals surface area contributed by atoms with E-state index in [9.17, 15) is 18.0 Å². The van der Waals surface area contributed by atoms with Crippen molar-refractivity contribution in [2.24, 2.45) is 0 Å². The maximum absolute atomic E-state index is 11.8. The van der Waals surface area contributed by atoms with Gasteiger partial charge in [0.1, 0.15) is 0 Å². The molecule has 100 valence electrons. The standard InChI is InChI=1S/C10H12F3N3OS/c11-10(12,13)18-6-5-15-9(17)16-8-3-1-7(14)2-4-8/h1-4H,5-6,14H2,(H2,15,16,17). The number of nitrogens with one attached hydrogen (secondary N) is 2. The van der Waals surface area contributed by atoms with Crippen molar-refractivity contribution in [1.82, 2.24) is 5.32 Å². The van der Waals surface area contributed by atoms with Gasteiger partial charge in [-0.05, 0) is 36.0 Å². The molecule has 0 aromatic heterocycles. The molecule has 0 unspecified atom stereocenters. The highest BCUT2D eigenvalue weighted by Gasteiger charge is 2.27. The summed E-state index contributed by atoms with van der Waals surface area (Å²) < 4.78 is 35.4. The Kier molecular flexibility index (Phi) is 5.14. The topological polar surface area (TPSA) is 67.1 Å². The first kappa shape index (κ1) is 14.5. The number of hydrogen-bond donors (Lipinski definition) is 3. The Morgan fingerprint density at radius 2 is 1.89 bits per heavy atom. The van der Waals surface area contributed by atoms with Crippen LogP contribution in [0.3, 0.4) is 0 Å². The number of thioether (sulfide) groups is 1. The molecule has 4 N–H and O–H groups in total. The van der Waals surface area contributed by atoms with Crippen LogP contribution in [0.4, 0.5) is 29.3 Å². The normalized spacial score (nSPS) is 11.1.